The second-order valence-electron chi connectivity index (χ2n) is 6.83. The van der Waals surface area contributed by atoms with Crippen molar-refractivity contribution in [3.63, 3.8) is 0 Å². The number of amides is 1. The molecular formula is C18H20ClN3O2. The van der Waals surface area contributed by atoms with E-state index in [1.165, 1.54) is 0 Å². The summed E-state index contributed by atoms with van der Waals surface area (Å²) >= 11 is 6.08. The molecule has 1 aromatic heterocycles. The molecule has 2 heterocycles. The van der Waals surface area contributed by atoms with Crippen LogP contribution < -0.4 is 10.2 Å². The maximum atomic E-state index is 12.4. The van der Waals surface area contributed by atoms with Crippen molar-refractivity contribution >= 4 is 23.2 Å². The monoisotopic (exact) mass is 345 g/mol. The van der Waals surface area contributed by atoms with Gasteiger partial charge in [0.2, 0.25) is 0 Å². The number of benzene rings is 1. The molecule has 0 unspecified atom stereocenters. The molecule has 1 aliphatic heterocycles. The van der Waals surface area contributed by atoms with Crippen LogP contribution in [-0.4, -0.2) is 30.2 Å². The van der Waals surface area contributed by atoms with Crippen LogP contribution in [0.3, 0.4) is 0 Å². The standard InChI is InChI=1S/C18H20ClN3O2/c1-11-9-22(14-4-2-3-13(19)7-14)10-16(11)20-18(23)15-8-17(24-21-15)12-5-6-12/h2-4,7-8,11-12,16H,5-6,9-10H2,1H3,(H,20,23)/t11-,16-/m0/s1. The molecule has 5 nitrogen and oxygen atoms in total. The lowest BCUT2D eigenvalue weighted by Gasteiger charge is -2.19. The average molecular weight is 346 g/mol. The van der Waals surface area contributed by atoms with Gasteiger partial charge >= 0.3 is 0 Å². The number of hydrogen-bond acceptors (Lipinski definition) is 4. The fraction of sp³-hybridized carbons (Fsp3) is 0.444. The van der Waals surface area contributed by atoms with Gasteiger partial charge in [-0.05, 0) is 37.0 Å². The Morgan fingerprint density at radius 1 is 1.33 bits per heavy atom. The van der Waals surface area contributed by atoms with Crippen LogP contribution in [0.2, 0.25) is 5.02 Å². The van der Waals surface area contributed by atoms with Gasteiger partial charge in [-0.3, -0.25) is 4.79 Å². The van der Waals surface area contributed by atoms with Crippen molar-refractivity contribution < 1.29 is 9.32 Å². The van der Waals surface area contributed by atoms with Crippen LogP contribution in [0.15, 0.2) is 34.9 Å². The highest BCUT2D eigenvalue weighted by molar-refractivity contribution is 6.30. The first kappa shape index (κ1) is 15.5. The Kier molecular flexibility index (Phi) is 3.96. The number of aromatic nitrogens is 1. The van der Waals surface area contributed by atoms with Crippen LogP contribution in [-0.2, 0) is 0 Å². The molecule has 1 aliphatic carbocycles. The van der Waals surface area contributed by atoms with Crippen molar-refractivity contribution in [3.8, 4) is 0 Å². The summed E-state index contributed by atoms with van der Waals surface area (Å²) in [5.41, 5.74) is 1.47. The molecule has 1 saturated heterocycles. The van der Waals surface area contributed by atoms with E-state index in [1.807, 2.05) is 24.3 Å². The lowest BCUT2D eigenvalue weighted by molar-refractivity contribution is 0.0924. The van der Waals surface area contributed by atoms with Crippen molar-refractivity contribution in [1.82, 2.24) is 10.5 Å². The first-order chi connectivity index (χ1) is 11.6. The third-order valence-corrected chi connectivity index (χ3v) is 5.08. The van der Waals surface area contributed by atoms with E-state index in [4.69, 9.17) is 16.1 Å². The van der Waals surface area contributed by atoms with Crippen LogP contribution in [0.5, 0.6) is 0 Å². The van der Waals surface area contributed by atoms with Gasteiger partial charge in [0.25, 0.3) is 5.91 Å². The minimum atomic E-state index is -0.157. The van der Waals surface area contributed by atoms with Gasteiger partial charge in [0.05, 0.1) is 6.04 Å². The summed E-state index contributed by atoms with van der Waals surface area (Å²) in [5.74, 6) is 1.49. The molecule has 0 radical (unpaired) electrons. The Bertz CT molecular complexity index is 756. The molecule has 2 aliphatic rings. The first-order valence-electron chi connectivity index (χ1n) is 8.38. The van der Waals surface area contributed by atoms with Crippen LogP contribution in [0.1, 0.15) is 41.9 Å². The van der Waals surface area contributed by atoms with Crippen molar-refractivity contribution in [2.24, 2.45) is 5.92 Å². The molecule has 0 spiro atoms. The number of hydrogen-bond donors (Lipinski definition) is 1. The van der Waals surface area contributed by atoms with Gasteiger partial charge in [0.1, 0.15) is 5.76 Å². The van der Waals surface area contributed by atoms with Gasteiger partial charge in [0.15, 0.2) is 5.69 Å². The van der Waals surface area contributed by atoms with Crippen LogP contribution in [0.25, 0.3) is 0 Å². The summed E-state index contributed by atoms with van der Waals surface area (Å²) in [5, 5.41) is 7.74. The Balaban J connectivity index is 1.41. The quantitative estimate of drug-likeness (QED) is 0.922. The topological polar surface area (TPSA) is 58.4 Å². The molecule has 126 valence electrons. The number of nitrogens with one attached hydrogen (secondary N) is 1. The molecule has 0 bridgehead atoms. The van der Waals surface area contributed by atoms with Gasteiger partial charge in [-0.25, -0.2) is 0 Å². The predicted molar refractivity (Wildman–Crippen MR) is 92.6 cm³/mol. The van der Waals surface area contributed by atoms with E-state index in [0.29, 0.717) is 17.5 Å². The summed E-state index contributed by atoms with van der Waals surface area (Å²) in [6, 6.07) is 9.67. The molecule has 2 fully saturated rings. The van der Waals surface area contributed by atoms with E-state index in [-0.39, 0.29) is 11.9 Å². The van der Waals surface area contributed by atoms with Crippen molar-refractivity contribution in [1.29, 1.82) is 0 Å². The van der Waals surface area contributed by atoms with E-state index in [9.17, 15) is 4.79 Å². The highest BCUT2D eigenvalue weighted by Crippen LogP contribution is 2.40. The zero-order valence-electron chi connectivity index (χ0n) is 13.5. The maximum absolute atomic E-state index is 12.4. The Hall–Kier alpha value is -2.01. The number of carbonyl (C=O) groups excluding carboxylic acids is 1. The summed E-state index contributed by atoms with van der Waals surface area (Å²) in [7, 11) is 0. The molecule has 6 heteroatoms. The number of rotatable bonds is 4. The van der Waals surface area contributed by atoms with Crippen LogP contribution in [0, 0.1) is 5.92 Å². The summed E-state index contributed by atoms with van der Waals surface area (Å²) < 4.78 is 5.27. The van der Waals surface area contributed by atoms with E-state index in [2.05, 4.69) is 22.3 Å². The number of nitrogens with zero attached hydrogens (tertiary/aromatic N) is 2. The van der Waals surface area contributed by atoms with E-state index < -0.39 is 0 Å². The molecule has 2 atom stereocenters. The largest absolute Gasteiger partial charge is 0.369 e. The smallest absolute Gasteiger partial charge is 0.273 e. The molecule has 24 heavy (non-hydrogen) atoms. The van der Waals surface area contributed by atoms with Crippen LogP contribution >= 0.6 is 11.6 Å². The second-order valence-corrected chi connectivity index (χ2v) is 7.27. The molecule has 1 aromatic carbocycles. The third-order valence-electron chi connectivity index (χ3n) is 4.84. The lowest BCUT2D eigenvalue weighted by Crippen LogP contribution is -2.40. The predicted octanol–water partition coefficient (Wildman–Crippen LogP) is 3.46. The third kappa shape index (κ3) is 3.13. The summed E-state index contributed by atoms with van der Waals surface area (Å²) in [6.45, 7) is 3.80. The minimum absolute atomic E-state index is 0.0811. The van der Waals surface area contributed by atoms with Gasteiger partial charge in [0, 0.05) is 35.8 Å². The van der Waals surface area contributed by atoms with E-state index >= 15 is 0 Å². The fourth-order valence-corrected chi connectivity index (χ4v) is 3.42. The summed E-state index contributed by atoms with van der Waals surface area (Å²) in [4.78, 5) is 14.7. The Morgan fingerprint density at radius 2 is 2.17 bits per heavy atom. The highest BCUT2D eigenvalue weighted by Gasteiger charge is 2.33. The fourth-order valence-electron chi connectivity index (χ4n) is 3.24. The zero-order chi connectivity index (χ0) is 16.7. The normalized spacial score (nSPS) is 23.5. The van der Waals surface area contributed by atoms with E-state index in [0.717, 1.165) is 42.4 Å². The van der Waals surface area contributed by atoms with Gasteiger partial charge < -0.3 is 14.7 Å². The molecule has 2 aromatic rings. The Morgan fingerprint density at radius 3 is 2.92 bits per heavy atom. The maximum Gasteiger partial charge on any atom is 0.273 e. The van der Waals surface area contributed by atoms with Crippen LogP contribution in [0.4, 0.5) is 5.69 Å². The zero-order valence-corrected chi connectivity index (χ0v) is 14.3. The highest BCUT2D eigenvalue weighted by atomic mass is 35.5. The Labute approximate surface area is 146 Å². The van der Waals surface area contributed by atoms with Crippen molar-refractivity contribution in [2.75, 3.05) is 18.0 Å². The summed E-state index contributed by atoms with van der Waals surface area (Å²) in [6.07, 6.45) is 2.26. The van der Waals surface area contributed by atoms with Crippen molar-refractivity contribution in [2.45, 2.75) is 31.7 Å². The second kappa shape index (κ2) is 6.13. The number of anilines is 1. The average Bonchev–Trinajstić information content (AvgIpc) is 3.18. The number of carbonyl (C=O) groups is 1. The molecule has 1 amide bonds. The van der Waals surface area contributed by atoms with E-state index in [1.54, 1.807) is 6.07 Å². The molecule has 1 N–H and O–H groups in total. The van der Waals surface area contributed by atoms with Crippen molar-refractivity contribution in [3.05, 3.63) is 46.8 Å². The molecular weight excluding hydrogens is 326 g/mol. The first-order valence-corrected chi connectivity index (χ1v) is 8.76. The van der Waals surface area contributed by atoms with Gasteiger partial charge in [-0.1, -0.05) is 29.7 Å². The minimum Gasteiger partial charge on any atom is -0.369 e. The van der Waals surface area contributed by atoms with Gasteiger partial charge in [-0.15, -0.1) is 0 Å². The molecule has 4 rings (SSSR count). The van der Waals surface area contributed by atoms with Gasteiger partial charge in [-0.2, -0.15) is 0 Å². The lowest BCUT2D eigenvalue weighted by atomic mass is 10.1. The SMILES string of the molecule is C[C@H]1CN(c2cccc(Cl)c2)C[C@@H]1NC(=O)c1cc(C2CC2)on1. The number of halogens is 1. The molecule has 1 saturated carbocycles.